The molecule has 1 amide bonds. The lowest BCUT2D eigenvalue weighted by Crippen LogP contribution is -2.23. The molecule has 0 spiro atoms. The Kier molecular flexibility index (Phi) is 5.17. The molecule has 0 atom stereocenters. The van der Waals surface area contributed by atoms with Gasteiger partial charge in [-0.1, -0.05) is 25.7 Å². The van der Waals surface area contributed by atoms with Crippen molar-refractivity contribution in [1.82, 2.24) is 0 Å². The number of rotatable bonds is 3. The van der Waals surface area contributed by atoms with Gasteiger partial charge in [0.15, 0.2) is 0 Å². The fourth-order valence-corrected chi connectivity index (χ4v) is 3.53. The summed E-state index contributed by atoms with van der Waals surface area (Å²) in [5, 5.41) is 4.81. The number of amides is 1. The first-order valence-corrected chi connectivity index (χ1v) is 7.98. The fraction of sp³-hybridized carbons (Fsp3) is 0.600. The summed E-state index contributed by atoms with van der Waals surface area (Å²) in [4.78, 5) is 24.6. The number of hydrogen-bond donors (Lipinski definition) is 1. The first-order chi connectivity index (χ1) is 9.63. The van der Waals surface area contributed by atoms with Gasteiger partial charge in [0.05, 0.1) is 12.8 Å². The second-order valence-corrected chi connectivity index (χ2v) is 6.17. The molecule has 1 N–H and O–H groups in total. The Morgan fingerprint density at radius 3 is 2.50 bits per heavy atom. The first kappa shape index (κ1) is 15.0. The van der Waals surface area contributed by atoms with Crippen LogP contribution < -0.4 is 5.32 Å². The molecule has 1 heterocycles. The third-order valence-electron chi connectivity index (χ3n) is 3.82. The molecule has 1 aliphatic rings. The van der Waals surface area contributed by atoms with Crippen molar-refractivity contribution in [3.63, 3.8) is 0 Å². The minimum Gasteiger partial charge on any atom is -0.465 e. The molecule has 2 rings (SSSR count). The van der Waals surface area contributed by atoms with E-state index in [0.717, 1.165) is 31.2 Å². The zero-order chi connectivity index (χ0) is 14.5. The number of thiophene rings is 1. The van der Waals surface area contributed by atoms with E-state index in [-0.39, 0.29) is 17.8 Å². The quantitative estimate of drug-likeness (QED) is 0.682. The SMILES string of the molecule is COC(=O)c1scc(C)c1NC(=O)C1CCCCCC1. The van der Waals surface area contributed by atoms with Crippen molar-refractivity contribution >= 4 is 28.9 Å². The molecule has 1 aliphatic carbocycles. The maximum absolute atomic E-state index is 12.4. The van der Waals surface area contributed by atoms with Crippen LogP contribution in [0, 0.1) is 12.8 Å². The molecule has 0 aromatic carbocycles. The molecule has 4 nitrogen and oxygen atoms in total. The molecule has 1 aromatic rings. The average Bonchev–Trinajstić information content (AvgIpc) is 2.69. The minimum absolute atomic E-state index is 0.0403. The number of hydrogen-bond acceptors (Lipinski definition) is 4. The van der Waals surface area contributed by atoms with Crippen molar-refractivity contribution in [3.8, 4) is 0 Å². The van der Waals surface area contributed by atoms with E-state index in [1.165, 1.54) is 31.3 Å². The van der Waals surface area contributed by atoms with Crippen LogP contribution in [0.4, 0.5) is 5.69 Å². The smallest absolute Gasteiger partial charge is 0.350 e. The van der Waals surface area contributed by atoms with Crippen LogP contribution in [0.1, 0.15) is 53.8 Å². The van der Waals surface area contributed by atoms with Crippen LogP contribution in [-0.2, 0) is 9.53 Å². The van der Waals surface area contributed by atoms with Gasteiger partial charge in [0.2, 0.25) is 5.91 Å². The van der Waals surface area contributed by atoms with E-state index in [0.29, 0.717) is 10.6 Å². The first-order valence-electron chi connectivity index (χ1n) is 7.10. The molecule has 0 unspecified atom stereocenters. The Labute approximate surface area is 123 Å². The molecule has 1 saturated carbocycles. The second-order valence-electron chi connectivity index (χ2n) is 5.29. The summed E-state index contributed by atoms with van der Waals surface area (Å²) in [7, 11) is 1.36. The minimum atomic E-state index is -0.390. The summed E-state index contributed by atoms with van der Waals surface area (Å²) >= 11 is 1.31. The summed E-state index contributed by atoms with van der Waals surface area (Å²) in [5.74, 6) is -0.278. The highest BCUT2D eigenvalue weighted by Gasteiger charge is 2.24. The van der Waals surface area contributed by atoms with E-state index in [2.05, 4.69) is 5.32 Å². The number of nitrogens with one attached hydrogen (secondary N) is 1. The van der Waals surface area contributed by atoms with Crippen LogP contribution in [0.15, 0.2) is 5.38 Å². The predicted octanol–water partition coefficient (Wildman–Crippen LogP) is 3.75. The maximum Gasteiger partial charge on any atom is 0.350 e. The monoisotopic (exact) mass is 295 g/mol. The van der Waals surface area contributed by atoms with Crippen LogP contribution in [-0.4, -0.2) is 19.0 Å². The van der Waals surface area contributed by atoms with Gasteiger partial charge in [-0.05, 0) is 30.7 Å². The van der Waals surface area contributed by atoms with Gasteiger partial charge >= 0.3 is 5.97 Å². The number of esters is 1. The molecule has 1 fully saturated rings. The number of methoxy groups -OCH3 is 1. The van der Waals surface area contributed by atoms with Gasteiger partial charge in [-0.25, -0.2) is 4.79 Å². The third-order valence-corrected chi connectivity index (χ3v) is 4.90. The van der Waals surface area contributed by atoms with Crippen molar-refractivity contribution in [2.45, 2.75) is 45.4 Å². The van der Waals surface area contributed by atoms with Gasteiger partial charge in [0, 0.05) is 5.92 Å². The lowest BCUT2D eigenvalue weighted by atomic mass is 9.99. The topological polar surface area (TPSA) is 55.4 Å². The Morgan fingerprint density at radius 1 is 1.25 bits per heavy atom. The Bertz CT molecular complexity index is 487. The lowest BCUT2D eigenvalue weighted by Gasteiger charge is -2.14. The zero-order valence-corrected chi connectivity index (χ0v) is 12.8. The van der Waals surface area contributed by atoms with Gasteiger partial charge in [0.25, 0.3) is 0 Å². The van der Waals surface area contributed by atoms with Crippen LogP contribution >= 0.6 is 11.3 Å². The number of carbonyl (C=O) groups excluding carboxylic acids is 2. The molecule has 110 valence electrons. The summed E-state index contributed by atoms with van der Waals surface area (Å²) < 4.78 is 4.76. The Morgan fingerprint density at radius 2 is 1.90 bits per heavy atom. The summed E-state index contributed by atoms with van der Waals surface area (Å²) in [6.45, 7) is 1.89. The zero-order valence-electron chi connectivity index (χ0n) is 12.0. The van der Waals surface area contributed by atoms with Crippen LogP contribution in [0.2, 0.25) is 0 Å². The van der Waals surface area contributed by atoms with E-state index in [1.807, 2.05) is 12.3 Å². The number of carbonyl (C=O) groups is 2. The molecule has 0 saturated heterocycles. The molecular formula is C15H21NO3S. The van der Waals surface area contributed by atoms with Crippen molar-refractivity contribution in [2.24, 2.45) is 5.92 Å². The molecule has 20 heavy (non-hydrogen) atoms. The maximum atomic E-state index is 12.4. The number of ether oxygens (including phenoxy) is 1. The molecule has 1 aromatic heterocycles. The van der Waals surface area contributed by atoms with Crippen LogP contribution in [0.25, 0.3) is 0 Å². The van der Waals surface area contributed by atoms with Crippen LogP contribution in [0.5, 0.6) is 0 Å². The molecule has 5 heteroatoms. The van der Waals surface area contributed by atoms with Crippen molar-refractivity contribution in [2.75, 3.05) is 12.4 Å². The summed E-state index contributed by atoms with van der Waals surface area (Å²) in [6, 6.07) is 0. The fourth-order valence-electron chi connectivity index (χ4n) is 2.61. The highest BCUT2D eigenvalue weighted by molar-refractivity contribution is 7.12. The summed E-state index contributed by atoms with van der Waals surface area (Å²) in [5.41, 5.74) is 1.54. The average molecular weight is 295 g/mol. The lowest BCUT2D eigenvalue weighted by molar-refractivity contribution is -0.120. The Hall–Kier alpha value is -1.36. The van der Waals surface area contributed by atoms with Gasteiger partial charge in [-0.2, -0.15) is 0 Å². The van der Waals surface area contributed by atoms with Crippen molar-refractivity contribution in [1.29, 1.82) is 0 Å². The van der Waals surface area contributed by atoms with E-state index >= 15 is 0 Å². The van der Waals surface area contributed by atoms with Crippen molar-refractivity contribution < 1.29 is 14.3 Å². The molecule has 0 radical (unpaired) electrons. The molecule has 0 bridgehead atoms. The van der Waals surface area contributed by atoms with Gasteiger partial charge in [0.1, 0.15) is 4.88 Å². The van der Waals surface area contributed by atoms with Gasteiger partial charge in [-0.3, -0.25) is 4.79 Å². The number of aryl methyl sites for hydroxylation is 1. The normalized spacial score (nSPS) is 16.5. The van der Waals surface area contributed by atoms with E-state index in [4.69, 9.17) is 4.74 Å². The van der Waals surface area contributed by atoms with Gasteiger partial charge in [-0.15, -0.1) is 11.3 Å². The predicted molar refractivity (Wildman–Crippen MR) is 80.2 cm³/mol. The molecule has 0 aliphatic heterocycles. The highest BCUT2D eigenvalue weighted by atomic mass is 32.1. The van der Waals surface area contributed by atoms with Crippen LogP contribution in [0.3, 0.4) is 0 Å². The molecular weight excluding hydrogens is 274 g/mol. The van der Waals surface area contributed by atoms with Crippen molar-refractivity contribution in [3.05, 3.63) is 15.8 Å². The van der Waals surface area contributed by atoms with Gasteiger partial charge < -0.3 is 10.1 Å². The van der Waals surface area contributed by atoms with E-state index in [1.54, 1.807) is 0 Å². The number of anilines is 1. The second kappa shape index (κ2) is 6.88. The Balaban J connectivity index is 2.10. The summed E-state index contributed by atoms with van der Waals surface area (Å²) in [6.07, 6.45) is 6.56. The standard InChI is InChI=1S/C15H21NO3S/c1-10-9-20-13(15(18)19-2)12(10)16-14(17)11-7-5-3-4-6-8-11/h9,11H,3-8H2,1-2H3,(H,16,17). The van der Waals surface area contributed by atoms with E-state index < -0.39 is 0 Å². The third kappa shape index (κ3) is 3.39. The largest absolute Gasteiger partial charge is 0.465 e. The van der Waals surface area contributed by atoms with E-state index in [9.17, 15) is 9.59 Å². The highest BCUT2D eigenvalue weighted by Crippen LogP contribution is 2.30.